The Morgan fingerprint density at radius 1 is 1.20 bits per heavy atom. The largest absolute Gasteiger partial charge is 0.508 e. The third-order valence-corrected chi connectivity index (χ3v) is 8.15. The second kappa shape index (κ2) is 8.24. The van der Waals surface area contributed by atoms with Gasteiger partial charge in [-0.25, -0.2) is 0 Å². The quantitative estimate of drug-likeness (QED) is 0.642. The summed E-state index contributed by atoms with van der Waals surface area (Å²) in [5, 5.41) is 19.5. The number of ether oxygens (including phenoxy) is 1. The van der Waals surface area contributed by atoms with Crippen LogP contribution in [-0.4, -0.2) is 28.3 Å². The van der Waals surface area contributed by atoms with E-state index >= 15 is 0 Å². The number of hydrogen-bond acceptors (Lipinski definition) is 4. The first kappa shape index (κ1) is 21.2. The highest BCUT2D eigenvalue weighted by molar-refractivity contribution is 5.72. The van der Waals surface area contributed by atoms with E-state index < -0.39 is 5.97 Å². The number of carboxylic acid groups (broad SMARTS) is 1. The van der Waals surface area contributed by atoms with Gasteiger partial charge < -0.3 is 14.9 Å². The van der Waals surface area contributed by atoms with Gasteiger partial charge in [0.2, 0.25) is 0 Å². The first-order chi connectivity index (χ1) is 14.3. The van der Waals surface area contributed by atoms with Crippen molar-refractivity contribution < 1.29 is 24.5 Å². The molecule has 0 unspecified atom stereocenters. The van der Waals surface area contributed by atoms with Gasteiger partial charge in [0.15, 0.2) is 0 Å². The van der Waals surface area contributed by atoms with Crippen LogP contribution in [0.3, 0.4) is 0 Å². The first-order valence-corrected chi connectivity index (χ1v) is 11.6. The van der Waals surface area contributed by atoms with Gasteiger partial charge in [0.25, 0.3) is 0 Å². The van der Waals surface area contributed by atoms with E-state index in [0.29, 0.717) is 24.2 Å². The van der Waals surface area contributed by atoms with Crippen LogP contribution in [0.25, 0.3) is 0 Å². The van der Waals surface area contributed by atoms with Gasteiger partial charge in [0, 0.05) is 11.8 Å². The zero-order valence-electron chi connectivity index (χ0n) is 18.2. The lowest BCUT2D eigenvalue weighted by Crippen LogP contribution is -2.45. The van der Waals surface area contributed by atoms with E-state index in [1.165, 1.54) is 5.56 Å². The lowest BCUT2D eigenvalue weighted by atomic mass is 9.55. The van der Waals surface area contributed by atoms with Crippen LogP contribution >= 0.6 is 0 Å². The van der Waals surface area contributed by atoms with Crippen LogP contribution < -0.4 is 0 Å². The molecular formula is C25H34O5. The minimum atomic E-state index is -0.856. The molecule has 2 saturated carbocycles. The lowest BCUT2D eigenvalue weighted by Gasteiger charge is -2.50. The summed E-state index contributed by atoms with van der Waals surface area (Å²) in [6, 6.07) is 3.48. The summed E-state index contributed by atoms with van der Waals surface area (Å²) in [6.07, 6.45) is 8.29. The second-order valence-electron chi connectivity index (χ2n) is 9.87. The van der Waals surface area contributed by atoms with Crippen LogP contribution in [0.2, 0.25) is 0 Å². The van der Waals surface area contributed by atoms with E-state index in [4.69, 9.17) is 4.74 Å². The predicted octanol–water partition coefficient (Wildman–Crippen LogP) is 4.98. The van der Waals surface area contributed by atoms with E-state index in [2.05, 4.69) is 13.8 Å². The van der Waals surface area contributed by atoms with Crippen LogP contribution in [-0.2, 0) is 27.2 Å². The Morgan fingerprint density at radius 3 is 2.73 bits per heavy atom. The highest BCUT2D eigenvalue weighted by Crippen LogP contribution is 2.62. The molecule has 30 heavy (non-hydrogen) atoms. The summed E-state index contributed by atoms with van der Waals surface area (Å²) in [7, 11) is 0. The molecule has 0 aliphatic heterocycles. The van der Waals surface area contributed by atoms with Crippen LogP contribution in [0.4, 0.5) is 0 Å². The number of fused-ring (bicyclic) bond motifs is 5. The van der Waals surface area contributed by atoms with Gasteiger partial charge in [-0.15, -0.1) is 0 Å². The van der Waals surface area contributed by atoms with Crippen molar-refractivity contribution in [2.75, 3.05) is 0 Å². The number of phenols is 1. The average molecular weight is 415 g/mol. The average Bonchev–Trinajstić information content (AvgIpc) is 3.01. The van der Waals surface area contributed by atoms with Crippen molar-refractivity contribution in [3.63, 3.8) is 0 Å². The molecule has 0 aromatic heterocycles. The van der Waals surface area contributed by atoms with Crippen LogP contribution in [0.5, 0.6) is 5.75 Å². The maximum absolute atomic E-state index is 12.3. The fraction of sp³-hybridized carbons (Fsp3) is 0.680. The van der Waals surface area contributed by atoms with Crippen LogP contribution in [0.1, 0.15) is 87.8 Å². The van der Waals surface area contributed by atoms with Gasteiger partial charge in [-0.3, -0.25) is 9.59 Å². The minimum absolute atomic E-state index is 0.00695. The molecule has 5 heteroatoms. The van der Waals surface area contributed by atoms with E-state index in [1.54, 1.807) is 6.07 Å². The third kappa shape index (κ3) is 3.72. The van der Waals surface area contributed by atoms with Gasteiger partial charge in [-0.2, -0.15) is 0 Å². The molecule has 3 aliphatic carbocycles. The van der Waals surface area contributed by atoms with Crippen molar-refractivity contribution in [3.8, 4) is 5.75 Å². The van der Waals surface area contributed by atoms with Crippen LogP contribution in [0.15, 0.2) is 12.1 Å². The standard InChI is InChI=1S/C25H34O5/c1-3-4-5-23(29)30-21-9-8-20-18-7-6-15-12-17(26)13-16(14-22(27)28)24(15)19(18)10-11-25(20,21)2/h12-13,18-21,26H,3-11,14H2,1-2H3,(H,27,28)/t18-,19+,20+,21+,25+/m1/s1. The molecule has 0 bridgehead atoms. The Labute approximate surface area is 178 Å². The summed E-state index contributed by atoms with van der Waals surface area (Å²) in [5.41, 5.74) is 3.09. The Morgan fingerprint density at radius 2 is 2.00 bits per heavy atom. The van der Waals surface area contributed by atoms with E-state index in [9.17, 15) is 19.8 Å². The van der Waals surface area contributed by atoms with Crippen molar-refractivity contribution in [1.82, 2.24) is 0 Å². The summed E-state index contributed by atoms with van der Waals surface area (Å²) in [5.74, 6) is 0.595. The molecule has 0 heterocycles. The van der Waals surface area contributed by atoms with Crippen molar-refractivity contribution in [2.45, 2.75) is 90.1 Å². The topological polar surface area (TPSA) is 83.8 Å². The third-order valence-electron chi connectivity index (χ3n) is 8.15. The molecule has 164 valence electrons. The van der Waals surface area contributed by atoms with Gasteiger partial charge in [-0.05, 0) is 91.5 Å². The molecule has 1 aromatic carbocycles. The molecule has 5 nitrogen and oxygen atoms in total. The Kier molecular flexibility index (Phi) is 5.82. The molecule has 2 fully saturated rings. The monoisotopic (exact) mass is 414 g/mol. The van der Waals surface area contributed by atoms with Crippen molar-refractivity contribution in [3.05, 3.63) is 28.8 Å². The number of esters is 1. The molecule has 0 spiro atoms. The van der Waals surface area contributed by atoms with E-state index in [1.807, 2.05) is 6.07 Å². The van der Waals surface area contributed by atoms with Crippen molar-refractivity contribution >= 4 is 11.9 Å². The number of unbranched alkanes of at least 4 members (excludes halogenated alkanes) is 1. The fourth-order valence-corrected chi connectivity index (χ4v) is 6.81. The van der Waals surface area contributed by atoms with E-state index in [-0.39, 0.29) is 29.7 Å². The molecule has 3 aliphatic rings. The maximum atomic E-state index is 12.3. The number of aryl methyl sites for hydroxylation is 1. The summed E-state index contributed by atoms with van der Waals surface area (Å²) >= 11 is 0. The van der Waals surface area contributed by atoms with E-state index in [0.717, 1.165) is 62.5 Å². The summed E-state index contributed by atoms with van der Waals surface area (Å²) in [4.78, 5) is 23.7. The van der Waals surface area contributed by atoms with Crippen molar-refractivity contribution in [2.24, 2.45) is 17.3 Å². The number of carbonyl (C=O) groups is 2. The number of carboxylic acids is 1. The predicted molar refractivity (Wildman–Crippen MR) is 113 cm³/mol. The van der Waals surface area contributed by atoms with Crippen LogP contribution in [0, 0.1) is 17.3 Å². The van der Waals surface area contributed by atoms with Gasteiger partial charge in [-0.1, -0.05) is 20.3 Å². The number of phenolic OH excluding ortho intramolecular Hbond substituents is 1. The minimum Gasteiger partial charge on any atom is -0.508 e. The number of hydrogen-bond donors (Lipinski definition) is 2. The zero-order valence-corrected chi connectivity index (χ0v) is 18.2. The fourth-order valence-electron chi connectivity index (χ4n) is 6.81. The summed E-state index contributed by atoms with van der Waals surface area (Å²) in [6.45, 7) is 4.39. The smallest absolute Gasteiger partial charge is 0.307 e. The normalized spacial score (nSPS) is 32.1. The Hall–Kier alpha value is -2.04. The highest BCUT2D eigenvalue weighted by Gasteiger charge is 2.56. The highest BCUT2D eigenvalue weighted by atomic mass is 16.5. The van der Waals surface area contributed by atoms with Gasteiger partial charge in [0.05, 0.1) is 6.42 Å². The second-order valence-corrected chi connectivity index (χ2v) is 9.87. The Bertz CT molecular complexity index is 831. The first-order valence-electron chi connectivity index (χ1n) is 11.6. The lowest BCUT2D eigenvalue weighted by molar-refractivity contribution is -0.157. The molecule has 0 amide bonds. The molecule has 5 atom stereocenters. The molecule has 0 radical (unpaired) electrons. The van der Waals surface area contributed by atoms with Gasteiger partial charge in [0.1, 0.15) is 11.9 Å². The number of rotatable bonds is 6. The zero-order chi connectivity index (χ0) is 21.5. The molecule has 0 saturated heterocycles. The summed E-state index contributed by atoms with van der Waals surface area (Å²) < 4.78 is 5.98. The number of aliphatic carboxylic acids is 1. The Balaban J connectivity index is 1.58. The van der Waals surface area contributed by atoms with Crippen molar-refractivity contribution in [1.29, 1.82) is 0 Å². The molecule has 4 rings (SSSR count). The number of carbonyl (C=O) groups excluding carboxylic acids is 1. The number of benzene rings is 1. The molecule has 1 aromatic rings. The molecular weight excluding hydrogens is 380 g/mol. The molecule has 2 N–H and O–H groups in total. The SMILES string of the molecule is CCCCC(=O)O[C@H]1CC[C@H]2[C@@H]3CCc4cc(O)cc(CC(=O)O)c4[C@H]3CC[C@]12C. The van der Waals surface area contributed by atoms with Gasteiger partial charge >= 0.3 is 11.9 Å². The maximum Gasteiger partial charge on any atom is 0.307 e. The number of aromatic hydroxyl groups is 1.